The maximum Gasteiger partial charge on any atom is 0.335 e. The molecule has 21 heavy (non-hydrogen) atoms. The molecule has 0 saturated heterocycles. The first-order valence-corrected chi connectivity index (χ1v) is 7.36. The van der Waals surface area contributed by atoms with E-state index >= 15 is 0 Å². The van der Waals surface area contributed by atoms with Crippen LogP contribution in [0.5, 0.6) is 0 Å². The van der Waals surface area contributed by atoms with Crippen LogP contribution in [0.1, 0.15) is 37.0 Å². The van der Waals surface area contributed by atoms with Crippen LogP contribution < -0.4 is 5.32 Å². The van der Waals surface area contributed by atoms with Gasteiger partial charge in [0.25, 0.3) is 0 Å². The molecule has 6 heteroatoms. The van der Waals surface area contributed by atoms with Crippen LogP contribution in [0, 0.1) is 5.92 Å². The number of nitrogens with one attached hydrogen (secondary N) is 1. The second kappa shape index (κ2) is 6.35. The first kappa shape index (κ1) is 15.6. The van der Waals surface area contributed by atoms with E-state index in [0.717, 1.165) is 12.8 Å². The van der Waals surface area contributed by atoms with Gasteiger partial charge in [0.2, 0.25) is 0 Å². The third kappa shape index (κ3) is 4.36. The zero-order valence-corrected chi connectivity index (χ0v) is 12.9. The Labute approximate surface area is 128 Å². The summed E-state index contributed by atoms with van der Waals surface area (Å²) in [5.41, 5.74) is 0.457. The van der Waals surface area contributed by atoms with Crippen LogP contribution in [0.3, 0.4) is 0 Å². The Balaban J connectivity index is 2.12. The van der Waals surface area contributed by atoms with Crippen LogP contribution in [0.4, 0.5) is 10.5 Å². The van der Waals surface area contributed by atoms with E-state index in [9.17, 15) is 9.59 Å². The largest absolute Gasteiger partial charge is 0.478 e. The van der Waals surface area contributed by atoms with Crippen molar-refractivity contribution in [2.75, 3.05) is 11.9 Å². The molecule has 2 amide bonds. The van der Waals surface area contributed by atoms with Crippen molar-refractivity contribution in [3.8, 4) is 0 Å². The monoisotopic (exact) mass is 310 g/mol. The minimum Gasteiger partial charge on any atom is -0.478 e. The predicted molar refractivity (Wildman–Crippen MR) is 82.0 cm³/mol. The van der Waals surface area contributed by atoms with Gasteiger partial charge >= 0.3 is 12.0 Å². The lowest BCUT2D eigenvalue weighted by molar-refractivity contribution is 0.0697. The number of amides is 2. The SMILES string of the molecule is CC(C)CN(C(=O)Nc1cc(Cl)cc(C(=O)O)c1)C1CC1. The zero-order valence-electron chi connectivity index (χ0n) is 12.1. The molecule has 2 rings (SSSR count). The summed E-state index contributed by atoms with van der Waals surface area (Å²) in [6, 6.07) is 4.40. The Bertz CT molecular complexity index is 556. The van der Waals surface area contributed by atoms with Gasteiger partial charge in [0.05, 0.1) is 5.56 Å². The quantitative estimate of drug-likeness (QED) is 0.871. The van der Waals surface area contributed by atoms with Gasteiger partial charge < -0.3 is 15.3 Å². The van der Waals surface area contributed by atoms with Crippen LogP contribution in [-0.4, -0.2) is 34.6 Å². The van der Waals surface area contributed by atoms with Crippen molar-refractivity contribution in [3.63, 3.8) is 0 Å². The van der Waals surface area contributed by atoms with Crippen molar-refractivity contribution >= 4 is 29.3 Å². The molecule has 0 aliphatic heterocycles. The second-order valence-electron chi connectivity index (χ2n) is 5.74. The number of carboxylic acids is 1. The van der Waals surface area contributed by atoms with Crippen molar-refractivity contribution in [2.24, 2.45) is 5.92 Å². The van der Waals surface area contributed by atoms with Gasteiger partial charge in [-0.15, -0.1) is 0 Å². The summed E-state index contributed by atoms with van der Waals surface area (Å²) in [5, 5.41) is 12.0. The smallest absolute Gasteiger partial charge is 0.335 e. The number of anilines is 1. The molecule has 0 spiro atoms. The number of rotatable bonds is 5. The molecular weight excluding hydrogens is 292 g/mol. The lowest BCUT2D eigenvalue weighted by Crippen LogP contribution is -2.39. The normalized spacial score (nSPS) is 14.1. The average Bonchev–Trinajstić information content (AvgIpc) is 3.18. The van der Waals surface area contributed by atoms with Gasteiger partial charge in [0.15, 0.2) is 0 Å². The van der Waals surface area contributed by atoms with E-state index in [1.807, 2.05) is 4.90 Å². The summed E-state index contributed by atoms with van der Waals surface area (Å²) < 4.78 is 0. The average molecular weight is 311 g/mol. The highest BCUT2D eigenvalue weighted by Gasteiger charge is 2.32. The van der Waals surface area contributed by atoms with E-state index < -0.39 is 5.97 Å². The van der Waals surface area contributed by atoms with E-state index in [-0.39, 0.29) is 16.6 Å². The fraction of sp³-hybridized carbons (Fsp3) is 0.467. The number of aromatic carboxylic acids is 1. The Morgan fingerprint density at radius 3 is 2.57 bits per heavy atom. The highest BCUT2D eigenvalue weighted by atomic mass is 35.5. The summed E-state index contributed by atoms with van der Waals surface area (Å²) in [5.74, 6) is -0.695. The topological polar surface area (TPSA) is 69.6 Å². The van der Waals surface area contributed by atoms with Gasteiger partial charge in [0, 0.05) is 23.3 Å². The fourth-order valence-electron chi connectivity index (χ4n) is 2.16. The molecule has 1 saturated carbocycles. The Morgan fingerprint density at radius 1 is 1.38 bits per heavy atom. The van der Waals surface area contributed by atoms with E-state index in [1.54, 1.807) is 6.07 Å². The van der Waals surface area contributed by atoms with Crippen molar-refractivity contribution in [3.05, 3.63) is 28.8 Å². The van der Waals surface area contributed by atoms with Gasteiger partial charge in [-0.1, -0.05) is 25.4 Å². The van der Waals surface area contributed by atoms with Gasteiger partial charge in [-0.2, -0.15) is 0 Å². The van der Waals surface area contributed by atoms with Crippen molar-refractivity contribution < 1.29 is 14.7 Å². The molecule has 0 bridgehead atoms. The number of carbonyl (C=O) groups excluding carboxylic acids is 1. The molecule has 0 unspecified atom stereocenters. The Hall–Kier alpha value is -1.75. The molecule has 114 valence electrons. The second-order valence-corrected chi connectivity index (χ2v) is 6.18. The third-order valence-electron chi connectivity index (χ3n) is 3.21. The molecule has 2 N–H and O–H groups in total. The van der Waals surface area contributed by atoms with Crippen molar-refractivity contribution in [1.82, 2.24) is 4.90 Å². The number of halogens is 1. The van der Waals surface area contributed by atoms with Crippen LogP contribution in [-0.2, 0) is 0 Å². The lowest BCUT2D eigenvalue weighted by Gasteiger charge is -2.24. The highest BCUT2D eigenvalue weighted by molar-refractivity contribution is 6.31. The fourth-order valence-corrected chi connectivity index (χ4v) is 2.39. The first-order valence-electron chi connectivity index (χ1n) is 6.98. The predicted octanol–water partition coefficient (Wildman–Crippen LogP) is 3.69. The number of benzene rings is 1. The van der Waals surface area contributed by atoms with Crippen LogP contribution >= 0.6 is 11.6 Å². The molecule has 0 radical (unpaired) electrons. The number of hydrogen-bond acceptors (Lipinski definition) is 2. The molecule has 0 atom stereocenters. The number of urea groups is 1. The lowest BCUT2D eigenvalue weighted by atomic mass is 10.2. The van der Waals surface area contributed by atoms with Gasteiger partial charge in [-0.05, 0) is 37.0 Å². The first-order chi connectivity index (χ1) is 9.86. The molecule has 0 aromatic heterocycles. The van der Waals surface area contributed by atoms with Crippen LogP contribution in [0.15, 0.2) is 18.2 Å². The number of hydrogen-bond donors (Lipinski definition) is 2. The van der Waals surface area contributed by atoms with Gasteiger partial charge in [-0.3, -0.25) is 0 Å². The zero-order chi connectivity index (χ0) is 15.6. The van der Waals surface area contributed by atoms with E-state index in [4.69, 9.17) is 16.7 Å². The van der Waals surface area contributed by atoms with E-state index in [2.05, 4.69) is 19.2 Å². The van der Waals surface area contributed by atoms with Crippen LogP contribution in [0.2, 0.25) is 5.02 Å². The molecule has 1 aromatic rings. The van der Waals surface area contributed by atoms with Gasteiger partial charge in [0.1, 0.15) is 0 Å². The standard InChI is InChI=1S/C15H19ClN2O3/c1-9(2)8-18(13-3-4-13)15(21)17-12-6-10(14(19)20)5-11(16)7-12/h5-7,9,13H,3-4,8H2,1-2H3,(H,17,21)(H,19,20). The molecule has 1 fully saturated rings. The molecule has 1 aliphatic carbocycles. The number of carbonyl (C=O) groups is 2. The summed E-state index contributed by atoms with van der Waals surface area (Å²) in [7, 11) is 0. The van der Waals surface area contributed by atoms with Crippen LogP contribution in [0.25, 0.3) is 0 Å². The molecule has 1 aliphatic rings. The van der Waals surface area contributed by atoms with E-state index in [0.29, 0.717) is 24.2 Å². The molecule has 5 nitrogen and oxygen atoms in total. The summed E-state index contributed by atoms with van der Waals surface area (Å²) in [6.45, 7) is 4.80. The molecule has 0 heterocycles. The highest BCUT2D eigenvalue weighted by Crippen LogP contribution is 2.28. The Morgan fingerprint density at radius 2 is 2.05 bits per heavy atom. The summed E-state index contributed by atoms with van der Waals surface area (Å²) in [6.07, 6.45) is 2.05. The number of carboxylic acid groups (broad SMARTS) is 1. The molecular formula is C15H19ClN2O3. The van der Waals surface area contributed by atoms with Crippen molar-refractivity contribution in [2.45, 2.75) is 32.7 Å². The maximum absolute atomic E-state index is 12.3. The molecule has 1 aromatic carbocycles. The third-order valence-corrected chi connectivity index (χ3v) is 3.42. The van der Waals surface area contributed by atoms with Gasteiger partial charge in [-0.25, -0.2) is 9.59 Å². The summed E-state index contributed by atoms with van der Waals surface area (Å²) in [4.78, 5) is 25.2. The minimum atomic E-state index is -1.07. The summed E-state index contributed by atoms with van der Waals surface area (Å²) >= 11 is 5.89. The number of nitrogens with zero attached hydrogens (tertiary/aromatic N) is 1. The maximum atomic E-state index is 12.3. The van der Waals surface area contributed by atoms with E-state index in [1.165, 1.54) is 12.1 Å². The minimum absolute atomic E-state index is 0.0552. The van der Waals surface area contributed by atoms with Crippen molar-refractivity contribution in [1.29, 1.82) is 0 Å². The Kier molecular flexibility index (Phi) is 4.73.